The van der Waals surface area contributed by atoms with Gasteiger partial charge in [-0.3, -0.25) is 0 Å². The van der Waals surface area contributed by atoms with Crippen LogP contribution in [0, 0.1) is 0 Å². The standard InChI is InChI=1S/C4H12BNO2S/c1-9(7,8)6-4-2-3-5/h6H,2-5H2,1H3. The van der Waals surface area contributed by atoms with E-state index < -0.39 is 10.0 Å². The van der Waals surface area contributed by atoms with Crippen LogP contribution >= 0.6 is 0 Å². The van der Waals surface area contributed by atoms with Crippen LogP contribution in [0.2, 0.25) is 6.32 Å². The lowest BCUT2D eigenvalue weighted by atomic mass is 10.0. The molecule has 0 fully saturated rings. The Labute approximate surface area is 57.3 Å². The Morgan fingerprint density at radius 1 is 1.56 bits per heavy atom. The van der Waals surface area contributed by atoms with Crippen LogP contribution in [0.15, 0.2) is 0 Å². The minimum atomic E-state index is -2.95. The van der Waals surface area contributed by atoms with Crippen molar-refractivity contribution in [3.8, 4) is 0 Å². The largest absolute Gasteiger partial charge is 0.216 e. The van der Waals surface area contributed by atoms with Crippen molar-refractivity contribution in [2.75, 3.05) is 12.8 Å². The van der Waals surface area contributed by atoms with E-state index in [-0.39, 0.29) is 0 Å². The van der Waals surface area contributed by atoms with Gasteiger partial charge in [-0.25, -0.2) is 13.1 Å². The summed E-state index contributed by atoms with van der Waals surface area (Å²) in [5, 5.41) is 0. The average molecular weight is 149 g/mol. The minimum absolute atomic E-state index is 0.565. The van der Waals surface area contributed by atoms with E-state index in [0.717, 1.165) is 12.7 Å². The quantitative estimate of drug-likeness (QED) is 0.410. The molecule has 0 atom stereocenters. The number of hydrogen-bond donors (Lipinski definition) is 1. The van der Waals surface area contributed by atoms with Gasteiger partial charge in [0.2, 0.25) is 10.0 Å². The van der Waals surface area contributed by atoms with Crippen LogP contribution in [-0.4, -0.2) is 29.1 Å². The Bertz CT molecular complexity index is 154. The molecule has 0 aliphatic carbocycles. The summed E-state index contributed by atoms with van der Waals surface area (Å²) in [6.07, 6.45) is 3.10. The second-order valence-corrected chi connectivity index (χ2v) is 3.85. The molecule has 0 aromatic rings. The van der Waals surface area contributed by atoms with Gasteiger partial charge in [0.1, 0.15) is 7.85 Å². The van der Waals surface area contributed by atoms with Gasteiger partial charge >= 0.3 is 0 Å². The van der Waals surface area contributed by atoms with E-state index in [2.05, 4.69) is 4.72 Å². The fourth-order valence-corrected chi connectivity index (χ4v) is 0.949. The van der Waals surface area contributed by atoms with E-state index in [4.69, 9.17) is 0 Å². The van der Waals surface area contributed by atoms with Crippen LogP contribution in [0.4, 0.5) is 0 Å². The first-order valence-corrected chi connectivity index (χ1v) is 4.90. The molecule has 0 unspecified atom stereocenters. The maximum atomic E-state index is 10.4. The van der Waals surface area contributed by atoms with Gasteiger partial charge in [0.15, 0.2) is 0 Å². The van der Waals surface area contributed by atoms with Crippen molar-refractivity contribution in [3.63, 3.8) is 0 Å². The van der Waals surface area contributed by atoms with Crippen LogP contribution in [0.1, 0.15) is 6.42 Å². The minimum Gasteiger partial charge on any atom is -0.216 e. The summed E-state index contributed by atoms with van der Waals surface area (Å²) >= 11 is 0. The molecule has 0 radical (unpaired) electrons. The van der Waals surface area contributed by atoms with Crippen LogP contribution in [-0.2, 0) is 10.0 Å². The SMILES string of the molecule is BCCCNS(C)(=O)=O. The zero-order chi connectivity index (χ0) is 7.33. The Morgan fingerprint density at radius 3 is 2.44 bits per heavy atom. The van der Waals surface area contributed by atoms with E-state index >= 15 is 0 Å². The van der Waals surface area contributed by atoms with Crippen molar-refractivity contribution in [1.82, 2.24) is 4.72 Å². The Balaban J connectivity index is 3.30. The maximum absolute atomic E-state index is 10.4. The van der Waals surface area contributed by atoms with Crippen molar-refractivity contribution in [1.29, 1.82) is 0 Å². The molecule has 0 rings (SSSR count). The van der Waals surface area contributed by atoms with Crippen LogP contribution in [0.25, 0.3) is 0 Å². The number of sulfonamides is 1. The third kappa shape index (κ3) is 7.97. The molecule has 0 saturated carbocycles. The molecule has 5 heteroatoms. The van der Waals surface area contributed by atoms with Crippen molar-refractivity contribution in [2.24, 2.45) is 0 Å². The molecular formula is C4H12BNO2S. The number of rotatable bonds is 4. The Kier molecular flexibility index (Phi) is 3.89. The Morgan fingerprint density at radius 2 is 2.11 bits per heavy atom. The monoisotopic (exact) mass is 149 g/mol. The first kappa shape index (κ1) is 8.97. The normalized spacial score (nSPS) is 11.7. The second kappa shape index (κ2) is 3.90. The van der Waals surface area contributed by atoms with Crippen LogP contribution in [0.5, 0.6) is 0 Å². The average Bonchev–Trinajstić information content (AvgIpc) is 1.63. The molecule has 0 heterocycles. The summed E-state index contributed by atoms with van der Waals surface area (Å²) in [5.74, 6) is 0. The van der Waals surface area contributed by atoms with E-state index in [0.29, 0.717) is 6.54 Å². The molecule has 0 spiro atoms. The third-order valence-electron chi connectivity index (χ3n) is 0.895. The molecular weight excluding hydrogens is 137 g/mol. The van der Waals surface area contributed by atoms with E-state index in [9.17, 15) is 8.42 Å². The molecule has 0 saturated heterocycles. The maximum Gasteiger partial charge on any atom is 0.208 e. The van der Waals surface area contributed by atoms with Crippen LogP contribution < -0.4 is 4.72 Å². The number of hydrogen-bond acceptors (Lipinski definition) is 2. The van der Waals surface area contributed by atoms with E-state index in [1.54, 1.807) is 0 Å². The predicted molar refractivity (Wildman–Crippen MR) is 40.8 cm³/mol. The molecule has 0 aromatic carbocycles. The summed E-state index contributed by atoms with van der Waals surface area (Å²) in [7, 11) is -0.929. The lowest BCUT2D eigenvalue weighted by Crippen LogP contribution is -2.22. The van der Waals surface area contributed by atoms with E-state index in [1.807, 2.05) is 7.85 Å². The van der Waals surface area contributed by atoms with Gasteiger partial charge in [-0.1, -0.05) is 6.32 Å². The van der Waals surface area contributed by atoms with Gasteiger partial charge < -0.3 is 0 Å². The number of nitrogens with one attached hydrogen (secondary N) is 1. The fourth-order valence-electron chi connectivity index (χ4n) is 0.434. The zero-order valence-electron chi connectivity index (χ0n) is 5.85. The molecule has 3 nitrogen and oxygen atoms in total. The summed E-state index contributed by atoms with van der Waals surface area (Å²) in [6, 6.07) is 0. The fraction of sp³-hybridized carbons (Fsp3) is 1.00. The van der Waals surface area contributed by atoms with Gasteiger partial charge in [0, 0.05) is 6.54 Å². The topological polar surface area (TPSA) is 46.2 Å². The molecule has 0 aliphatic heterocycles. The first-order chi connectivity index (χ1) is 4.06. The predicted octanol–water partition coefficient (Wildman–Crippen LogP) is -1.02. The first-order valence-electron chi connectivity index (χ1n) is 3.01. The molecule has 9 heavy (non-hydrogen) atoms. The lowest BCUT2D eigenvalue weighted by Gasteiger charge is -1.97. The molecule has 54 valence electrons. The van der Waals surface area contributed by atoms with Gasteiger partial charge in [-0.2, -0.15) is 0 Å². The zero-order valence-corrected chi connectivity index (χ0v) is 6.66. The summed E-state index contributed by atoms with van der Waals surface area (Å²) in [4.78, 5) is 0. The lowest BCUT2D eigenvalue weighted by molar-refractivity contribution is 0.587. The Hall–Kier alpha value is -0.0251. The van der Waals surface area contributed by atoms with Gasteiger partial charge in [-0.05, 0) is 6.42 Å². The highest BCUT2D eigenvalue weighted by molar-refractivity contribution is 7.88. The van der Waals surface area contributed by atoms with Gasteiger partial charge in [-0.15, -0.1) is 0 Å². The summed E-state index contributed by atoms with van der Waals surface area (Å²) < 4.78 is 23.2. The molecule has 1 N–H and O–H groups in total. The molecule has 0 aliphatic rings. The summed E-state index contributed by atoms with van der Waals surface area (Å²) in [5.41, 5.74) is 0. The summed E-state index contributed by atoms with van der Waals surface area (Å²) in [6.45, 7) is 0.565. The molecule has 0 aromatic heterocycles. The van der Waals surface area contributed by atoms with Crippen molar-refractivity contribution in [3.05, 3.63) is 0 Å². The van der Waals surface area contributed by atoms with Crippen molar-refractivity contribution < 1.29 is 8.42 Å². The van der Waals surface area contributed by atoms with Gasteiger partial charge in [0.05, 0.1) is 6.26 Å². The molecule has 0 amide bonds. The highest BCUT2D eigenvalue weighted by Gasteiger charge is 1.96. The van der Waals surface area contributed by atoms with Crippen molar-refractivity contribution >= 4 is 17.9 Å². The smallest absolute Gasteiger partial charge is 0.208 e. The second-order valence-electron chi connectivity index (χ2n) is 2.02. The van der Waals surface area contributed by atoms with E-state index in [1.165, 1.54) is 6.26 Å². The van der Waals surface area contributed by atoms with Crippen LogP contribution in [0.3, 0.4) is 0 Å². The van der Waals surface area contributed by atoms with Crippen molar-refractivity contribution in [2.45, 2.75) is 12.7 Å². The third-order valence-corrected chi connectivity index (χ3v) is 1.62. The highest BCUT2D eigenvalue weighted by atomic mass is 32.2. The molecule has 0 bridgehead atoms. The highest BCUT2D eigenvalue weighted by Crippen LogP contribution is 1.81. The van der Waals surface area contributed by atoms with Gasteiger partial charge in [0.25, 0.3) is 0 Å².